The van der Waals surface area contributed by atoms with E-state index in [1.165, 1.54) is 116 Å². The van der Waals surface area contributed by atoms with Gasteiger partial charge in [-0.3, -0.25) is 0 Å². The van der Waals surface area contributed by atoms with Crippen LogP contribution >= 0.6 is 18.6 Å². The van der Waals surface area contributed by atoms with Crippen LogP contribution in [0, 0.1) is 23.7 Å². The van der Waals surface area contributed by atoms with E-state index in [0.717, 1.165) is 23.7 Å². The summed E-state index contributed by atoms with van der Waals surface area (Å²) in [5.74, 6) is 4.13. The van der Waals surface area contributed by atoms with Crippen LogP contribution in [0.15, 0.2) is 0 Å². The summed E-state index contributed by atoms with van der Waals surface area (Å²) < 4.78 is 0. The van der Waals surface area contributed by atoms with E-state index < -0.39 is 17.0 Å². The molecule has 2 nitrogen and oxygen atoms in total. The zero-order chi connectivity index (χ0) is 21.5. The van der Waals surface area contributed by atoms with Gasteiger partial charge in [-0.2, -0.15) is 12.1 Å². The van der Waals surface area contributed by atoms with E-state index in [9.17, 15) is 0 Å². The van der Waals surface area contributed by atoms with E-state index in [0.29, 0.717) is 24.2 Å². The van der Waals surface area contributed by atoms with Gasteiger partial charge in [0, 0.05) is 0 Å². The molecule has 0 amide bonds. The molecule has 8 unspecified atom stereocenters. The molecule has 5 heteroatoms. The summed E-state index contributed by atoms with van der Waals surface area (Å²) in [6.45, 7) is 0. The maximum absolute atomic E-state index is 5.52. The second kappa shape index (κ2) is 13.3. The predicted molar refractivity (Wildman–Crippen MR) is 131 cm³/mol. The molecule has 0 aromatic rings. The minimum atomic E-state index is -0.556. The fourth-order valence-corrected chi connectivity index (χ4v) is 7.95. The van der Waals surface area contributed by atoms with Gasteiger partial charge in [0.25, 0.3) is 0 Å². The van der Waals surface area contributed by atoms with Gasteiger partial charge in [0.2, 0.25) is 0 Å². The van der Waals surface area contributed by atoms with Crippen molar-refractivity contribution in [3.8, 4) is 0 Å². The fourth-order valence-electron chi connectivity index (χ4n) is 7.95. The standard InChI is InChI=1S/C26H44N2.2ClH.Ti/c1-3-9-21-17-23(15-13-19(21)7-1)27-25-11-5-6-12-26(25)28-24-16-14-20-8-2-4-10-22(20)18-24;;;/h19-26H,1-18H2;2*1H;/q-2;;;+2/p-2. The van der Waals surface area contributed by atoms with Gasteiger partial charge in [0.1, 0.15) is 0 Å². The Morgan fingerprint density at radius 1 is 0.452 bits per heavy atom. The zero-order valence-electron chi connectivity index (χ0n) is 19.5. The SMILES string of the molecule is C1CCC2CC([N-]C3CCCCC3[N-]C3CCC4CCCCC4C3)CCC2C1.[Cl][Ti][Cl]. The molecule has 0 saturated heterocycles. The summed E-state index contributed by atoms with van der Waals surface area (Å²) in [6, 6.07) is 2.49. The average Bonchev–Trinajstić information content (AvgIpc) is 2.81. The second-order valence-corrected chi connectivity index (χ2v) is 13.9. The Bertz CT molecular complexity index is 478. The summed E-state index contributed by atoms with van der Waals surface area (Å²) in [7, 11) is 9.78. The van der Waals surface area contributed by atoms with Crippen LogP contribution in [0.1, 0.15) is 116 Å². The summed E-state index contributed by atoms with van der Waals surface area (Å²) in [6.07, 6.45) is 26.0. The fraction of sp³-hybridized carbons (Fsp3) is 1.00. The number of halogens is 2. The Balaban J connectivity index is 0.000000730. The Morgan fingerprint density at radius 2 is 0.806 bits per heavy atom. The molecule has 31 heavy (non-hydrogen) atoms. The van der Waals surface area contributed by atoms with Crippen molar-refractivity contribution < 1.29 is 17.0 Å². The molecule has 5 fully saturated rings. The first kappa shape index (κ1) is 25.3. The van der Waals surface area contributed by atoms with Crippen molar-refractivity contribution in [1.29, 1.82) is 0 Å². The van der Waals surface area contributed by atoms with Crippen molar-refractivity contribution in [3.63, 3.8) is 0 Å². The first-order valence-corrected chi connectivity index (χ1v) is 17.9. The van der Waals surface area contributed by atoms with Gasteiger partial charge in [0.15, 0.2) is 0 Å². The first-order chi connectivity index (χ1) is 15.3. The molecular weight excluding hydrogens is 459 g/mol. The number of rotatable bonds is 4. The van der Waals surface area contributed by atoms with Crippen molar-refractivity contribution in [3.05, 3.63) is 10.6 Å². The molecule has 5 aliphatic rings. The molecule has 0 spiro atoms. The van der Waals surface area contributed by atoms with E-state index >= 15 is 0 Å². The van der Waals surface area contributed by atoms with Crippen LogP contribution in [0.2, 0.25) is 0 Å². The van der Waals surface area contributed by atoms with Crippen LogP contribution in [0.25, 0.3) is 10.6 Å². The van der Waals surface area contributed by atoms with Crippen LogP contribution < -0.4 is 0 Å². The molecular formula is C26H44Cl2N2Ti-2. The van der Waals surface area contributed by atoms with E-state index in [-0.39, 0.29) is 0 Å². The van der Waals surface area contributed by atoms with Gasteiger partial charge < -0.3 is 10.6 Å². The summed E-state index contributed by atoms with van der Waals surface area (Å²) in [5, 5.41) is 11.0. The van der Waals surface area contributed by atoms with E-state index in [1.54, 1.807) is 0 Å². The van der Waals surface area contributed by atoms with Gasteiger partial charge in [-0.05, 0) is 23.7 Å². The van der Waals surface area contributed by atoms with Crippen LogP contribution in [-0.2, 0) is 17.0 Å². The molecule has 0 heterocycles. The zero-order valence-corrected chi connectivity index (χ0v) is 22.6. The van der Waals surface area contributed by atoms with Crippen molar-refractivity contribution in [1.82, 2.24) is 0 Å². The van der Waals surface area contributed by atoms with Crippen molar-refractivity contribution >= 4 is 18.6 Å². The predicted octanol–water partition coefficient (Wildman–Crippen LogP) is 9.14. The Labute approximate surface area is 208 Å². The summed E-state index contributed by atoms with van der Waals surface area (Å²) in [5.41, 5.74) is 0. The van der Waals surface area contributed by atoms with E-state index in [4.69, 9.17) is 29.2 Å². The molecule has 0 radical (unpaired) electrons. The Morgan fingerprint density at radius 3 is 1.23 bits per heavy atom. The number of fused-ring (bicyclic) bond motifs is 2. The summed E-state index contributed by atoms with van der Waals surface area (Å²) in [4.78, 5) is 0. The quantitative estimate of drug-likeness (QED) is 0.342. The number of hydrogen-bond donors (Lipinski definition) is 0. The maximum atomic E-state index is 5.52. The van der Waals surface area contributed by atoms with Gasteiger partial charge in [0.05, 0.1) is 0 Å². The first-order valence-electron chi connectivity index (χ1n) is 13.6. The van der Waals surface area contributed by atoms with Gasteiger partial charge in [-0.15, -0.1) is 12.1 Å². The number of hydrogen-bond acceptors (Lipinski definition) is 0. The van der Waals surface area contributed by atoms with Crippen LogP contribution in [0.5, 0.6) is 0 Å². The van der Waals surface area contributed by atoms with Gasteiger partial charge in [-0.25, -0.2) is 0 Å². The molecule has 0 aliphatic heterocycles. The normalized spacial score (nSPS) is 43.0. The number of nitrogens with zero attached hydrogens (tertiary/aromatic N) is 2. The van der Waals surface area contributed by atoms with Gasteiger partial charge >= 0.3 is 35.6 Å². The third-order valence-corrected chi connectivity index (χ3v) is 9.52. The van der Waals surface area contributed by atoms with E-state index in [1.807, 2.05) is 0 Å². The molecule has 178 valence electrons. The van der Waals surface area contributed by atoms with Crippen LogP contribution in [0.4, 0.5) is 0 Å². The monoisotopic (exact) mass is 502 g/mol. The molecule has 0 N–H and O–H groups in total. The van der Waals surface area contributed by atoms with Crippen molar-refractivity contribution in [2.24, 2.45) is 23.7 Å². The molecule has 5 rings (SSSR count). The third-order valence-electron chi connectivity index (χ3n) is 9.52. The van der Waals surface area contributed by atoms with Crippen LogP contribution in [0.3, 0.4) is 0 Å². The molecule has 0 aromatic heterocycles. The Hall–Kier alpha value is 1.21. The van der Waals surface area contributed by atoms with Crippen molar-refractivity contribution in [2.45, 2.75) is 140 Å². The van der Waals surface area contributed by atoms with Gasteiger partial charge in [-0.1, -0.05) is 116 Å². The molecule has 8 atom stereocenters. The van der Waals surface area contributed by atoms with Crippen molar-refractivity contribution in [2.75, 3.05) is 0 Å². The molecule has 0 bridgehead atoms. The van der Waals surface area contributed by atoms with E-state index in [2.05, 4.69) is 0 Å². The summed E-state index contributed by atoms with van der Waals surface area (Å²) >= 11 is -0.556. The van der Waals surface area contributed by atoms with Crippen LogP contribution in [-0.4, -0.2) is 24.2 Å². The molecule has 5 aliphatic carbocycles. The molecule has 5 saturated carbocycles. The molecule has 0 aromatic carbocycles. The minimum absolute atomic E-state index is 0.556. The third kappa shape index (κ3) is 7.35. The average molecular weight is 503 g/mol. The second-order valence-electron chi connectivity index (χ2n) is 11.3. The topological polar surface area (TPSA) is 28.2 Å². The Kier molecular flexibility index (Phi) is 10.9.